The first-order valence-electron chi connectivity index (χ1n) is 4.03. The summed E-state index contributed by atoms with van der Waals surface area (Å²) in [6.45, 7) is 4.00. The predicted octanol–water partition coefficient (Wildman–Crippen LogP) is 3.62. The van der Waals surface area contributed by atoms with Crippen molar-refractivity contribution in [2.24, 2.45) is 0 Å². The van der Waals surface area contributed by atoms with Crippen molar-refractivity contribution in [2.75, 3.05) is 0 Å². The van der Waals surface area contributed by atoms with Gasteiger partial charge in [-0.05, 0) is 0 Å². The molecule has 0 spiro atoms. The van der Waals surface area contributed by atoms with Crippen LogP contribution in [0.3, 0.4) is 0 Å². The third-order valence-electron chi connectivity index (χ3n) is 1.53. The molecule has 0 aromatic carbocycles. The first-order chi connectivity index (χ1) is 4.39. The van der Waals surface area contributed by atoms with Gasteiger partial charge in [-0.3, -0.25) is 0 Å². The van der Waals surface area contributed by atoms with Crippen LogP contribution < -0.4 is 0 Å². The molecule has 0 aromatic heterocycles. The van der Waals surface area contributed by atoms with Gasteiger partial charge in [0.05, 0.1) is 0 Å². The van der Waals surface area contributed by atoms with Crippen molar-refractivity contribution in [1.29, 1.82) is 0 Å². The monoisotopic (exact) mass is 238 g/mol. The molecule has 0 aliphatic carbocycles. The van der Waals surface area contributed by atoms with Crippen molar-refractivity contribution in [3.05, 3.63) is 0 Å². The van der Waals surface area contributed by atoms with Gasteiger partial charge in [0.1, 0.15) is 0 Å². The maximum absolute atomic E-state index is 2.56. The molecule has 0 radical (unpaired) electrons. The molecule has 1 aliphatic heterocycles. The summed E-state index contributed by atoms with van der Waals surface area (Å²) in [4.78, 5) is 0. The summed E-state index contributed by atoms with van der Waals surface area (Å²) in [7, 11) is 0. The van der Waals surface area contributed by atoms with Crippen molar-refractivity contribution >= 4 is 26.9 Å². The summed E-state index contributed by atoms with van der Waals surface area (Å²) in [6, 6.07) is 0. The van der Waals surface area contributed by atoms with E-state index in [1.807, 2.05) is 13.8 Å². The third-order valence-corrected chi connectivity index (χ3v) is 2.78. The Morgan fingerprint density at radius 3 is 1.67 bits per heavy atom. The number of rotatable bonds is 0. The quantitative estimate of drug-likeness (QED) is 0.446. The highest BCUT2D eigenvalue weighted by molar-refractivity contribution is 14.1. The van der Waals surface area contributed by atoms with Crippen molar-refractivity contribution in [2.45, 2.75) is 45.8 Å². The lowest BCUT2D eigenvalue weighted by atomic mass is 9.64. The zero-order chi connectivity index (χ0) is 7.11. The maximum Gasteiger partial charge on any atom is 0.217 e. The van der Waals surface area contributed by atoms with Gasteiger partial charge in [-0.15, -0.1) is 22.4 Å². The predicted molar refractivity (Wildman–Crippen MR) is 54.6 cm³/mol. The van der Waals surface area contributed by atoms with E-state index in [4.69, 9.17) is 0 Å². The molecular weight excluding hydrogens is 222 g/mol. The highest BCUT2D eigenvalue weighted by Gasteiger charge is 2.12. The van der Waals surface area contributed by atoms with Crippen LogP contribution in [0.5, 0.6) is 0 Å². The van der Waals surface area contributed by atoms with Crippen LogP contribution in [0.4, 0.5) is 0 Å². The van der Waals surface area contributed by atoms with Gasteiger partial charge in [0.15, 0.2) is 0 Å². The smallest absolute Gasteiger partial charge is 0.150 e. The lowest BCUT2D eigenvalue weighted by Crippen LogP contribution is -2.06. The van der Waals surface area contributed by atoms with E-state index < -0.39 is 0 Å². The van der Waals surface area contributed by atoms with Crippen LogP contribution >= 0.6 is 22.4 Å². The molecule has 54 valence electrons. The zero-order valence-electron chi connectivity index (χ0n) is 6.49. The number of halogens is 1. The van der Waals surface area contributed by atoms with E-state index in [9.17, 15) is 0 Å². The van der Waals surface area contributed by atoms with Gasteiger partial charge in [0, 0.05) is 0 Å². The molecule has 1 heterocycles. The van der Waals surface area contributed by atoms with Gasteiger partial charge < -0.3 is 0 Å². The van der Waals surface area contributed by atoms with E-state index in [1.54, 1.807) is 0 Å². The highest BCUT2D eigenvalue weighted by atomic mass is 127. The molecule has 0 bridgehead atoms. The second-order valence-electron chi connectivity index (χ2n) is 2.24. The minimum Gasteiger partial charge on any atom is -0.150 e. The van der Waals surface area contributed by atoms with Crippen LogP contribution in [0.1, 0.15) is 33.1 Å². The fourth-order valence-corrected chi connectivity index (χ4v) is 1.93. The van der Waals surface area contributed by atoms with Gasteiger partial charge in [0.2, 0.25) is 4.57 Å². The summed E-state index contributed by atoms with van der Waals surface area (Å²) in [5, 5.41) is 0. The topological polar surface area (TPSA) is 0 Å². The Balaban J connectivity index is 0.000000291. The zero-order valence-corrected chi connectivity index (χ0v) is 8.65. The largest absolute Gasteiger partial charge is 0.217 e. The normalized spacial score (nSPS) is 18.3. The van der Waals surface area contributed by atoms with E-state index in [0.29, 0.717) is 0 Å². The minimum atomic E-state index is 1.01. The van der Waals surface area contributed by atoms with Crippen molar-refractivity contribution in [1.82, 2.24) is 0 Å². The molecule has 0 N–H and O–H groups in total. The van der Waals surface area contributed by atoms with Gasteiger partial charge in [0.25, 0.3) is 0 Å². The summed E-state index contributed by atoms with van der Waals surface area (Å²) in [6.07, 6.45) is 7.39. The molecule has 0 aromatic rings. The summed E-state index contributed by atoms with van der Waals surface area (Å²) in [5.74, 6) is 0. The molecule has 0 unspecified atom stereocenters. The van der Waals surface area contributed by atoms with Gasteiger partial charge in [-0.25, -0.2) is 0 Å². The third kappa shape index (κ3) is 5.25. The van der Waals surface area contributed by atoms with E-state index in [1.165, 1.54) is 31.9 Å². The summed E-state index contributed by atoms with van der Waals surface area (Å²) < 4.78 is 1.01. The van der Waals surface area contributed by atoms with Crippen LogP contribution in [0.25, 0.3) is 0 Å². The van der Waals surface area contributed by atoms with Crippen molar-refractivity contribution in [3.8, 4) is 0 Å². The molecule has 2 heteroatoms. The number of hydrogen-bond donors (Lipinski definition) is 0. The Labute approximate surface area is 72.7 Å². The van der Waals surface area contributed by atoms with E-state index >= 15 is 0 Å². The average molecular weight is 238 g/mol. The van der Waals surface area contributed by atoms with Gasteiger partial charge >= 0.3 is 0 Å². The molecule has 1 rings (SSSR count). The minimum absolute atomic E-state index is 1.01. The van der Waals surface area contributed by atoms with E-state index in [2.05, 4.69) is 22.4 Å². The maximum atomic E-state index is 2.56. The lowest BCUT2D eigenvalue weighted by Gasteiger charge is -2.10. The fraction of sp³-hybridized carbons (Fsp3) is 1.00. The molecule has 1 fully saturated rings. The van der Waals surface area contributed by atoms with Crippen LogP contribution in [0.15, 0.2) is 0 Å². The van der Waals surface area contributed by atoms with E-state index in [0.717, 1.165) is 4.57 Å². The first-order valence-corrected chi connectivity index (χ1v) is 5.28. The number of hydrogen-bond acceptors (Lipinski definition) is 0. The average Bonchev–Trinajstić information content (AvgIpc) is 1.94. The van der Waals surface area contributed by atoms with Crippen LogP contribution in [0.2, 0.25) is 12.6 Å². The Bertz CT molecular complexity index is 50.9. The standard InChI is InChI=1S/C5H10BI.C2H6/c7-6-4-2-1-3-5-6;1-2/h1-5H2;1-2H3. The molecule has 0 saturated carbocycles. The second kappa shape index (κ2) is 6.91. The Morgan fingerprint density at radius 2 is 1.44 bits per heavy atom. The molecule has 0 nitrogen and oxygen atoms in total. The van der Waals surface area contributed by atoms with Crippen molar-refractivity contribution in [3.63, 3.8) is 0 Å². The Kier molecular flexibility index (Phi) is 7.52. The SMILES string of the molecule is CC.IB1CCCCC1. The molecular formula is C7H16BI. The van der Waals surface area contributed by atoms with Crippen LogP contribution in [0, 0.1) is 0 Å². The molecule has 1 aliphatic rings. The van der Waals surface area contributed by atoms with Gasteiger partial charge in [-0.1, -0.05) is 45.8 Å². The second-order valence-corrected chi connectivity index (χ2v) is 4.00. The molecule has 0 amide bonds. The lowest BCUT2D eigenvalue weighted by molar-refractivity contribution is 0.733. The Morgan fingerprint density at radius 1 is 1.00 bits per heavy atom. The highest BCUT2D eigenvalue weighted by Crippen LogP contribution is 2.22. The van der Waals surface area contributed by atoms with Crippen LogP contribution in [-0.2, 0) is 0 Å². The Hall–Kier alpha value is 0.795. The summed E-state index contributed by atoms with van der Waals surface area (Å²) >= 11 is 2.56. The molecule has 1 saturated heterocycles. The molecule has 9 heavy (non-hydrogen) atoms. The first kappa shape index (κ1) is 9.79. The van der Waals surface area contributed by atoms with Crippen molar-refractivity contribution < 1.29 is 0 Å². The van der Waals surface area contributed by atoms with Crippen LogP contribution in [-0.4, -0.2) is 4.57 Å². The molecule has 0 atom stereocenters. The van der Waals surface area contributed by atoms with E-state index in [-0.39, 0.29) is 0 Å². The summed E-state index contributed by atoms with van der Waals surface area (Å²) in [5.41, 5.74) is 0. The van der Waals surface area contributed by atoms with Gasteiger partial charge in [-0.2, -0.15) is 0 Å². The fourth-order valence-electron chi connectivity index (χ4n) is 1.05.